The molecule has 1 heterocycles. The fourth-order valence-electron chi connectivity index (χ4n) is 0.577. The van der Waals surface area contributed by atoms with Crippen LogP contribution in [0, 0.1) is 0 Å². The molecular weight excluding hydrogens is 114 g/mol. The summed E-state index contributed by atoms with van der Waals surface area (Å²) in [6.45, 7) is 2.75. The molecule has 0 saturated carbocycles. The standard InChI is InChI=1S/C7H9NO/c1-2-8-7-5-3-4-6-9-7/h3-6H,2H2,1H3. The second kappa shape index (κ2) is 3.07. The van der Waals surface area contributed by atoms with Crippen LogP contribution in [0.15, 0.2) is 33.9 Å². The summed E-state index contributed by atoms with van der Waals surface area (Å²) in [4.78, 5) is 4.04. The van der Waals surface area contributed by atoms with E-state index < -0.39 is 0 Å². The first-order chi connectivity index (χ1) is 4.43. The zero-order valence-corrected chi connectivity index (χ0v) is 5.37. The van der Waals surface area contributed by atoms with E-state index in [4.69, 9.17) is 4.42 Å². The lowest BCUT2D eigenvalue weighted by atomic mass is 10.5. The molecule has 0 aromatic carbocycles. The van der Waals surface area contributed by atoms with E-state index >= 15 is 0 Å². The van der Waals surface area contributed by atoms with Gasteiger partial charge in [-0.1, -0.05) is 6.07 Å². The summed E-state index contributed by atoms with van der Waals surface area (Å²) in [5.74, 6) is 0. The van der Waals surface area contributed by atoms with Crippen molar-refractivity contribution in [1.29, 1.82) is 0 Å². The highest BCUT2D eigenvalue weighted by Gasteiger charge is 1.74. The lowest BCUT2D eigenvalue weighted by molar-refractivity contribution is 0.490. The highest BCUT2D eigenvalue weighted by atomic mass is 16.3. The third-order valence-corrected chi connectivity index (χ3v) is 0.931. The molecule has 0 atom stereocenters. The van der Waals surface area contributed by atoms with E-state index in [0.29, 0.717) is 5.55 Å². The highest BCUT2D eigenvalue weighted by Crippen LogP contribution is 1.75. The Morgan fingerprint density at radius 1 is 1.56 bits per heavy atom. The zero-order valence-electron chi connectivity index (χ0n) is 5.37. The van der Waals surface area contributed by atoms with Crippen molar-refractivity contribution in [3.05, 3.63) is 30.0 Å². The molecule has 1 rings (SSSR count). The van der Waals surface area contributed by atoms with Gasteiger partial charge in [0.2, 0.25) is 5.55 Å². The normalized spacial score (nSPS) is 11.9. The van der Waals surface area contributed by atoms with Crippen LogP contribution in [0.4, 0.5) is 0 Å². The van der Waals surface area contributed by atoms with Crippen molar-refractivity contribution in [3.8, 4) is 0 Å². The Morgan fingerprint density at radius 3 is 3.00 bits per heavy atom. The van der Waals surface area contributed by atoms with Crippen molar-refractivity contribution < 1.29 is 4.42 Å². The molecule has 9 heavy (non-hydrogen) atoms. The fourth-order valence-corrected chi connectivity index (χ4v) is 0.577. The first-order valence-corrected chi connectivity index (χ1v) is 2.98. The van der Waals surface area contributed by atoms with Gasteiger partial charge in [-0.3, -0.25) is 4.99 Å². The van der Waals surface area contributed by atoms with Gasteiger partial charge in [0, 0.05) is 12.6 Å². The first kappa shape index (κ1) is 6.08. The van der Waals surface area contributed by atoms with Crippen molar-refractivity contribution in [1.82, 2.24) is 0 Å². The highest BCUT2D eigenvalue weighted by molar-refractivity contribution is 4.85. The van der Waals surface area contributed by atoms with Crippen LogP contribution in [0.1, 0.15) is 6.92 Å². The molecule has 0 spiro atoms. The summed E-state index contributed by atoms with van der Waals surface area (Å²) >= 11 is 0. The van der Waals surface area contributed by atoms with Crippen molar-refractivity contribution in [2.75, 3.05) is 6.54 Å². The summed E-state index contributed by atoms with van der Waals surface area (Å²) in [7, 11) is 0. The van der Waals surface area contributed by atoms with Crippen LogP contribution in [0.3, 0.4) is 0 Å². The van der Waals surface area contributed by atoms with E-state index in [1.54, 1.807) is 6.26 Å². The van der Waals surface area contributed by atoms with Gasteiger partial charge in [-0.15, -0.1) is 0 Å². The minimum Gasteiger partial charge on any atom is -0.447 e. The Bertz CT molecular complexity index is 209. The van der Waals surface area contributed by atoms with Gasteiger partial charge in [-0.2, -0.15) is 0 Å². The smallest absolute Gasteiger partial charge is 0.213 e. The quantitative estimate of drug-likeness (QED) is 0.551. The van der Waals surface area contributed by atoms with Crippen molar-refractivity contribution in [2.45, 2.75) is 6.92 Å². The maximum Gasteiger partial charge on any atom is 0.213 e. The fraction of sp³-hybridized carbons (Fsp3) is 0.286. The molecule has 0 amide bonds. The summed E-state index contributed by atoms with van der Waals surface area (Å²) < 4.78 is 5.00. The van der Waals surface area contributed by atoms with Gasteiger partial charge >= 0.3 is 0 Å². The molecule has 2 heteroatoms. The van der Waals surface area contributed by atoms with E-state index in [9.17, 15) is 0 Å². The Morgan fingerprint density at radius 2 is 2.44 bits per heavy atom. The van der Waals surface area contributed by atoms with Crippen LogP contribution in [-0.4, -0.2) is 6.54 Å². The molecule has 1 aromatic heterocycles. The van der Waals surface area contributed by atoms with Gasteiger partial charge in [0.05, 0.1) is 6.26 Å². The molecule has 0 fully saturated rings. The first-order valence-electron chi connectivity index (χ1n) is 2.98. The summed E-state index contributed by atoms with van der Waals surface area (Å²) in [5, 5.41) is 0. The Kier molecular flexibility index (Phi) is 2.07. The van der Waals surface area contributed by atoms with Crippen LogP contribution in [-0.2, 0) is 0 Å². The number of hydrogen-bond donors (Lipinski definition) is 0. The minimum absolute atomic E-state index is 0.694. The van der Waals surface area contributed by atoms with E-state index in [1.807, 2.05) is 25.1 Å². The van der Waals surface area contributed by atoms with Gasteiger partial charge < -0.3 is 4.42 Å². The van der Waals surface area contributed by atoms with Crippen LogP contribution in [0.5, 0.6) is 0 Å². The summed E-state index contributed by atoms with van der Waals surface area (Å²) in [6.07, 6.45) is 1.62. The predicted molar refractivity (Wildman–Crippen MR) is 34.8 cm³/mol. The largest absolute Gasteiger partial charge is 0.447 e. The van der Waals surface area contributed by atoms with Gasteiger partial charge in [0.25, 0.3) is 0 Å². The maximum atomic E-state index is 5.00. The minimum atomic E-state index is 0.694. The molecule has 0 unspecified atom stereocenters. The van der Waals surface area contributed by atoms with E-state index in [-0.39, 0.29) is 0 Å². The SMILES string of the molecule is CCN=c1cccco1. The Labute approximate surface area is 53.9 Å². The Hall–Kier alpha value is -1.05. The second-order valence-electron chi connectivity index (χ2n) is 1.62. The molecule has 48 valence electrons. The second-order valence-corrected chi connectivity index (χ2v) is 1.62. The van der Waals surface area contributed by atoms with Crippen molar-refractivity contribution in [3.63, 3.8) is 0 Å². The number of rotatable bonds is 1. The van der Waals surface area contributed by atoms with Gasteiger partial charge in [0.15, 0.2) is 0 Å². The number of nitrogens with zero attached hydrogens (tertiary/aromatic N) is 1. The summed E-state index contributed by atoms with van der Waals surface area (Å²) in [6, 6.07) is 5.57. The van der Waals surface area contributed by atoms with Gasteiger partial charge in [-0.25, -0.2) is 0 Å². The molecule has 0 aliphatic rings. The monoisotopic (exact) mass is 123 g/mol. The molecule has 0 saturated heterocycles. The summed E-state index contributed by atoms with van der Waals surface area (Å²) in [5.41, 5.74) is 0.694. The van der Waals surface area contributed by atoms with Gasteiger partial charge in [0.1, 0.15) is 0 Å². The topological polar surface area (TPSA) is 25.5 Å². The van der Waals surface area contributed by atoms with Crippen LogP contribution in [0.2, 0.25) is 0 Å². The molecule has 0 radical (unpaired) electrons. The van der Waals surface area contributed by atoms with Crippen molar-refractivity contribution in [2.24, 2.45) is 4.99 Å². The lowest BCUT2D eigenvalue weighted by Crippen LogP contribution is -1.97. The molecule has 0 bridgehead atoms. The average molecular weight is 123 g/mol. The third-order valence-electron chi connectivity index (χ3n) is 0.931. The molecule has 0 N–H and O–H groups in total. The van der Waals surface area contributed by atoms with Gasteiger partial charge in [-0.05, 0) is 13.0 Å². The molecular formula is C7H9NO. The van der Waals surface area contributed by atoms with E-state index in [1.165, 1.54) is 0 Å². The van der Waals surface area contributed by atoms with Crippen LogP contribution < -0.4 is 5.55 Å². The molecule has 0 aliphatic carbocycles. The molecule has 0 aliphatic heterocycles. The molecule has 1 aromatic rings. The lowest BCUT2D eigenvalue weighted by Gasteiger charge is -1.82. The van der Waals surface area contributed by atoms with E-state index in [0.717, 1.165) is 6.54 Å². The van der Waals surface area contributed by atoms with Crippen molar-refractivity contribution >= 4 is 0 Å². The van der Waals surface area contributed by atoms with Crippen LogP contribution >= 0.6 is 0 Å². The number of hydrogen-bond acceptors (Lipinski definition) is 2. The van der Waals surface area contributed by atoms with Crippen LogP contribution in [0.25, 0.3) is 0 Å². The third kappa shape index (κ3) is 1.72. The Balaban J connectivity index is 2.97. The molecule has 2 nitrogen and oxygen atoms in total. The average Bonchev–Trinajstić information content (AvgIpc) is 1.91. The maximum absolute atomic E-state index is 5.00. The van der Waals surface area contributed by atoms with E-state index in [2.05, 4.69) is 4.99 Å². The zero-order chi connectivity index (χ0) is 6.53. The predicted octanol–water partition coefficient (Wildman–Crippen LogP) is 1.20.